The molecule has 0 aliphatic carbocycles. The van der Waals surface area contributed by atoms with Crippen LogP contribution in [-0.2, 0) is 17.5 Å². The number of carbonyl (C=O) groups excluding carboxylic acids is 2. The van der Waals surface area contributed by atoms with Crippen LogP contribution in [0, 0.1) is 5.41 Å². The second-order valence-corrected chi connectivity index (χ2v) is 8.88. The molecule has 2 aliphatic heterocycles. The van der Waals surface area contributed by atoms with Crippen molar-refractivity contribution in [3.8, 4) is 0 Å². The van der Waals surface area contributed by atoms with Crippen LogP contribution < -0.4 is 5.32 Å². The zero-order valence-corrected chi connectivity index (χ0v) is 17.8. The number of amides is 2. The molecule has 5 rings (SSSR count). The SMILES string of the molecule is CN1CC2(C1)CN(C(=O)Cn1cc3cc(NC(=O)c4cccc(C(F)(F)F)n4)ccc3n1)C2. The highest BCUT2D eigenvalue weighted by Gasteiger charge is 2.51. The van der Waals surface area contributed by atoms with E-state index in [0.29, 0.717) is 16.6 Å². The van der Waals surface area contributed by atoms with Gasteiger partial charge in [0.15, 0.2) is 0 Å². The Morgan fingerprint density at radius 1 is 1.12 bits per heavy atom. The smallest absolute Gasteiger partial charge is 0.340 e. The van der Waals surface area contributed by atoms with E-state index in [0.717, 1.165) is 38.3 Å². The zero-order chi connectivity index (χ0) is 23.4. The predicted octanol–water partition coefficient (Wildman–Crippen LogP) is 2.48. The van der Waals surface area contributed by atoms with Gasteiger partial charge in [0.25, 0.3) is 5.91 Å². The van der Waals surface area contributed by atoms with E-state index >= 15 is 0 Å². The van der Waals surface area contributed by atoms with Crippen LogP contribution in [0.1, 0.15) is 16.2 Å². The first-order valence-electron chi connectivity index (χ1n) is 10.4. The lowest BCUT2D eigenvalue weighted by Gasteiger charge is -2.59. The van der Waals surface area contributed by atoms with Crippen LogP contribution >= 0.6 is 0 Å². The van der Waals surface area contributed by atoms with Gasteiger partial charge in [0, 0.05) is 48.9 Å². The Morgan fingerprint density at radius 2 is 1.88 bits per heavy atom. The Kier molecular flexibility index (Phi) is 4.89. The topological polar surface area (TPSA) is 83.4 Å². The maximum absolute atomic E-state index is 12.8. The summed E-state index contributed by atoms with van der Waals surface area (Å²) in [5.74, 6) is -0.747. The summed E-state index contributed by atoms with van der Waals surface area (Å²) in [5, 5.41) is 7.65. The van der Waals surface area contributed by atoms with Crippen LogP contribution in [0.15, 0.2) is 42.6 Å². The number of alkyl halides is 3. The number of pyridine rings is 1. The number of halogens is 3. The quantitative estimate of drug-likeness (QED) is 0.650. The fraction of sp³-hybridized carbons (Fsp3) is 0.364. The third-order valence-corrected chi connectivity index (χ3v) is 6.00. The molecule has 11 heteroatoms. The van der Waals surface area contributed by atoms with E-state index in [9.17, 15) is 22.8 Å². The van der Waals surface area contributed by atoms with Crippen molar-refractivity contribution in [3.63, 3.8) is 0 Å². The van der Waals surface area contributed by atoms with Crippen molar-refractivity contribution < 1.29 is 22.8 Å². The van der Waals surface area contributed by atoms with Gasteiger partial charge in [0.05, 0.1) is 5.52 Å². The highest BCUT2D eigenvalue weighted by Crippen LogP contribution is 2.38. The van der Waals surface area contributed by atoms with Crippen molar-refractivity contribution in [1.82, 2.24) is 24.6 Å². The third-order valence-electron chi connectivity index (χ3n) is 6.00. The number of carbonyl (C=O) groups is 2. The zero-order valence-electron chi connectivity index (χ0n) is 17.8. The van der Waals surface area contributed by atoms with Gasteiger partial charge in [0.2, 0.25) is 5.91 Å². The minimum atomic E-state index is -4.63. The molecule has 3 aromatic rings. The number of hydrogen-bond donors (Lipinski definition) is 1. The summed E-state index contributed by atoms with van der Waals surface area (Å²) in [6, 6.07) is 8.08. The summed E-state index contributed by atoms with van der Waals surface area (Å²) in [6.45, 7) is 3.71. The molecule has 0 unspecified atom stereocenters. The summed E-state index contributed by atoms with van der Waals surface area (Å²) in [4.78, 5) is 32.4. The Labute approximate surface area is 187 Å². The number of aromatic nitrogens is 3. The van der Waals surface area contributed by atoms with E-state index in [4.69, 9.17) is 0 Å². The average Bonchev–Trinajstić information content (AvgIpc) is 3.10. The summed E-state index contributed by atoms with van der Waals surface area (Å²) in [7, 11) is 2.07. The first-order valence-corrected chi connectivity index (χ1v) is 10.4. The van der Waals surface area contributed by atoms with E-state index in [2.05, 4.69) is 27.3 Å². The number of nitrogens with one attached hydrogen (secondary N) is 1. The molecule has 0 atom stereocenters. The summed E-state index contributed by atoms with van der Waals surface area (Å²) in [6.07, 6.45) is -2.93. The van der Waals surface area contributed by atoms with Crippen LogP contribution in [0.5, 0.6) is 0 Å². The molecule has 4 heterocycles. The number of likely N-dealkylation sites (tertiary alicyclic amines) is 2. The van der Waals surface area contributed by atoms with Crippen molar-refractivity contribution in [2.75, 3.05) is 38.5 Å². The number of hydrogen-bond acceptors (Lipinski definition) is 5. The molecular weight excluding hydrogens is 437 g/mol. The number of benzene rings is 1. The standard InChI is InChI=1S/C22H21F3N6O2/c1-29-10-21(11-29)12-30(13-21)19(32)9-31-8-14-7-15(5-6-16(14)28-31)26-20(33)17-3-2-4-18(27-17)22(23,24)25/h2-8H,9-13H2,1H3,(H,26,33). The molecule has 0 saturated carbocycles. The molecule has 8 nitrogen and oxygen atoms in total. The fourth-order valence-corrected chi connectivity index (χ4v) is 4.63. The highest BCUT2D eigenvalue weighted by molar-refractivity contribution is 6.03. The number of nitrogens with zero attached hydrogens (tertiary/aromatic N) is 5. The van der Waals surface area contributed by atoms with E-state index in [-0.39, 0.29) is 23.6 Å². The normalized spacial score (nSPS) is 17.6. The largest absolute Gasteiger partial charge is 0.433 e. The predicted molar refractivity (Wildman–Crippen MR) is 113 cm³/mol. The van der Waals surface area contributed by atoms with E-state index in [1.54, 1.807) is 29.1 Å². The molecule has 2 aliphatic rings. The monoisotopic (exact) mass is 458 g/mol. The van der Waals surface area contributed by atoms with Crippen molar-refractivity contribution in [2.45, 2.75) is 12.7 Å². The molecule has 1 spiro atoms. The molecule has 33 heavy (non-hydrogen) atoms. The van der Waals surface area contributed by atoms with E-state index < -0.39 is 17.8 Å². The molecule has 2 saturated heterocycles. The number of anilines is 1. The second kappa shape index (κ2) is 7.55. The Balaban J connectivity index is 1.24. The van der Waals surface area contributed by atoms with Gasteiger partial charge in [-0.1, -0.05) is 6.07 Å². The first-order chi connectivity index (χ1) is 15.6. The third kappa shape index (κ3) is 4.15. The molecule has 172 valence electrons. The van der Waals surface area contributed by atoms with Crippen molar-refractivity contribution in [1.29, 1.82) is 0 Å². The van der Waals surface area contributed by atoms with Crippen LogP contribution in [-0.4, -0.2) is 69.6 Å². The first kappa shape index (κ1) is 21.4. The van der Waals surface area contributed by atoms with Gasteiger partial charge in [-0.2, -0.15) is 18.3 Å². The molecule has 1 N–H and O–H groups in total. The minimum absolute atomic E-state index is 0.00660. The van der Waals surface area contributed by atoms with Crippen molar-refractivity contribution in [3.05, 3.63) is 54.0 Å². The average molecular weight is 458 g/mol. The molecule has 0 radical (unpaired) electrons. The Bertz CT molecular complexity index is 1240. The Morgan fingerprint density at radius 3 is 2.58 bits per heavy atom. The minimum Gasteiger partial charge on any atom is -0.340 e. The molecule has 2 aromatic heterocycles. The highest BCUT2D eigenvalue weighted by atomic mass is 19.4. The van der Waals surface area contributed by atoms with Crippen molar-refractivity contribution >= 4 is 28.4 Å². The van der Waals surface area contributed by atoms with Gasteiger partial charge >= 0.3 is 6.18 Å². The molecule has 2 amide bonds. The lowest BCUT2D eigenvalue weighted by molar-refractivity contribution is -0.157. The molecule has 0 bridgehead atoms. The summed E-state index contributed by atoms with van der Waals surface area (Å²) >= 11 is 0. The molecular formula is C22H21F3N6O2. The van der Waals surface area contributed by atoms with Gasteiger partial charge in [-0.25, -0.2) is 4.98 Å². The second-order valence-electron chi connectivity index (χ2n) is 8.88. The Hall–Kier alpha value is -3.47. The lowest BCUT2D eigenvalue weighted by Crippen LogP contribution is -2.72. The summed E-state index contributed by atoms with van der Waals surface area (Å²) in [5.41, 5.74) is -0.180. The number of fused-ring (bicyclic) bond motifs is 1. The van der Waals surface area contributed by atoms with Crippen molar-refractivity contribution in [2.24, 2.45) is 5.41 Å². The van der Waals surface area contributed by atoms with Crippen LogP contribution in [0.2, 0.25) is 0 Å². The van der Waals surface area contributed by atoms with Crippen LogP contribution in [0.25, 0.3) is 10.9 Å². The van der Waals surface area contributed by atoms with Gasteiger partial charge < -0.3 is 15.1 Å². The van der Waals surface area contributed by atoms with Gasteiger partial charge in [0.1, 0.15) is 17.9 Å². The fourth-order valence-electron chi connectivity index (χ4n) is 4.63. The van der Waals surface area contributed by atoms with Gasteiger partial charge in [-0.15, -0.1) is 0 Å². The molecule has 2 fully saturated rings. The van der Waals surface area contributed by atoms with Crippen LogP contribution in [0.4, 0.5) is 18.9 Å². The van der Waals surface area contributed by atoms with E-state index in [1.807, 2.05) is 4.90 Å². The number of rotatable bonds is 4. The summed E-state index contributed by atoms with van der Waals surface area (Å²) < 4.78 is 40.1. The maximum Gasteiger partial charge on any atom is 0.433 e. The maximum atomic E-state index is 12.8. The van der Waals surface area contributed by atoms with Gasteiger partial charge in [-0.05, 0) is 37.4 Å². The van der Waals surface area contributed by atoms with Crippen LogP contribution in [0.3, 0.4) is 0 Å². The van der Waals surface area contributed by atoms with E-state index in [1.165, 1.54) is 6.07 Å². The lowest BCUT2D eigenvalue weighted by atomic mass is 9.73. The molecule has 1 aromatic carbocycles. The van der Waals surface area contributed by atoms with Gasteiger partial charge in [-0.3, -0.25) is 14.3 Å².